The minimum absolute atomic E-state index is 0.0216. The summed E-state index contributed by atoms with van der Waals surface area (Å²) in [5.41, 5.74) is 10.8. The molecule has 0 heterocycles. The molecule has 0 aliphatic carbocycles. The van der Waals surface area contributed by atoms with Gasteiger partial charge in [-0.05, 0) is 35.9 Å². The Morgan fingerprint density at radius 3 is 2.18 bits per heavy atom. The summed E-state index contributed by atoms with van der Waals surface area (Å²) >= 11 is 4.71. The van der Waals surface area contributed by atoms with Crippen molar-refractivity contribution >= 4 is 38.3 Å². The maximum atomic E-state index is 10.6. The van der Waals surface area contributed by atoms with Crippen molar-refractivity contribution in [1.29, 1.82) is 0 Å². The standard InChI is InChI=1S/C6H8N2O3S.C3H3ClO/c7-4-1-2-5(8)6(3-4)12(9,10)11;1-2-3(4)5/h1-3H,7-8H2,(H,9,10,11);2H,1H2. The van der Waals surface area contributed by atoms with Gasteiger partial charge in [0.25, 0.3) is 10.1 Å². The van der Waals surface area contributed by atoms with Gasteiger partial charge in [0.1, 0.15) is 4.90 Å². The molecule has 0 fully saturated rings. The van der Waals surface area contributed by atoms with Crippen LogP contribution in [0, 0.1) is 0 Å². The highest BCUT2D eigenvalue weighted by Crippen LogP contribution is 2.20. The first kappa shape index (κ1) is 15.4. The van der Waals surface area contributed by atoms with Crippen molar-refractivity contribution in [3.05, 3.63) is 30.9 Å². The van der Waals surface area contributed by atoms with Crippen molar-refractivity contribution in [2.75, 3.05) is 11.5 Å². The Hall–Kier alpha value is -1.57. The van der Waals surface area contributed by atoms with Crippen molar-refractivity contribution in [3.8, 4) is 0 Å². The number of allylic oxidation sites excluding steroid dienone is 1. The molecule has 1 aromatic carbocycles. The molecule has 0 aromatic heterocycles. The van der Waals surface area contributed by atoms with E-state index in [1.165, 1.54) is 12.1 Å². The van der Waals surface area contributed by atoms with Crippen molar-refractivity contribution in [1.82, 2.24) is 0 Å². The van der Waals surface area contributed by atoms with E-state index >= 15 is 0 Å². The Morgan fingerprint density at radius 1 is 1.41 bits per heavy atom. The Bertz CT molecular complexity index is 528. The van der Waals surface area contributed by atoms with Crippen LogP contribution in [0.1, 0.15) is 0 Å². The highest BCUT2D eigenvalue weighted by Gasteiger charge is 2.13. The highest BCUT2D eigenvalue weighted by molar-refractivity contribution is 7.86. The Morgan fingerprint density at radius 2 is 1.88 bits per heavy atom. The van der Waals surface area contributed by atoms with Crippen LogP contribution in [0.25, 0.3) is 0 Å². The average Bonchev–Trinajstić information content (AvgIpc) is 2.21. The number of nitrogen functional groups attached to an aromatic ring is 2. The van der Waals surface area contributed by atoms with E-state index in [1.54, 1.807) is 0 Å². The number of anilines is 2. The molecule has 0 radical (unpaired) electrons. The predicted octanol–water partition coefficient (Wildman–Crippen LogP) is 1.04. The second-order valence-corrected chi connectivity index (χ2v) is 4.54. The molecular weight excluding hydrogens is 268 g/mol. The monoisotopic (exact) mass is 278 g/mol. The summed E-state index contributed by atoms with van der Waals surface area (Å²) in [6, 6.07) is 3.87. The van der Waals surface area contributed by atoms with Crippen molar-refractivity contribution < 1.29 is 17.8 Å². The zero-order chi connectivity index (χ0) is 13.6. The van der Waals surface area contributed by atoms with E-state index in [1.807, 2.05) is 0 Å². The predicted molar refractivity (Wildman–Crippen MR) is 66.1 cm³/mol. The molecule has 8 heteroatoms. The molecule has 0 spiro atoms. The van der Waals surface area contributed by atoms with Crippen molar-refractivity contribution in [3.63, 3.8) is 0 Å². The van der Waals surface area contributed by atoms with Crippen LogP contribution < -0.4 is 11.5 Å². The van der Waals surface area contributed by atoms with Gasteiger partial charge in [-0.25, -0.2) is 0 Å². The van der Waals surface area contributed by atoms with Crippen LogP contribution in [0.2, 0.25) is 0 Å². The summed E-state index contributed by atoms with van der Waals surface area (Å²) in [7, 11) is -4.26. The zero-order valence-electron chi connectivity index (χ0n) is 8.63. The van der Waals surface area contributed by atoms with Gasteiger partial charge in [-0.15, -0.1) is 0 Å². The quantitative estimate of drug-likeness (QED) is 0.321. The minimum Gasteiger partial charge on any atom is -0.399 e. The molecule has 94 valence electrons. The van der Waals surface area contributed by atoms with E-state index in [0.29, 0.717) is 0 Å². The van der Waals surface area contributed by atoms with Gasteiger partial charge in [0.2, 0.25) is 5.24 Å². The molecule has 0 aliphatic heterocycles. The van der Waals surface area contributed by atoms with E-state index < -0.39 is 15.4 Å². The fourth-order valence-electron chi connectivity index (χ4n) is 0.774. The van der Waals surface area contributed by atoms with Gasteiger partial charge in [0.15, 0.2) is 0 Å². The maximum absolute atomic E-state index is 10.6. The third-order valence-corrected chi connectivity index (χ3v) is 2.54. The fraction of sp³-hybridized carbons (Fsp3) is 0. The minimum atomic E-state index is -4.26. The fourth-order valence-corrected chi connectivity index (χ4v) is 1.43. The highest BCUT2D eigenvalue weighted by atomic mass is 35.5. The van der Waals surface area contributed by atoms with E-state index in [2.05, 4.69) is 6.58 Å². The van der Waals surface area contributed by atoms with Gasteiger partial charge in [0.05, 0.1) is 5.69 Å². The lowest BCUT2D eigenvalue weighted by Crippen LogP contribution is -2.03. The molecule has 0 bridgehead atoms. The van der Waals surface area contributed by atoms with Crippen molar-refractivity contribution in [2.24, 2.45) is 0 Å². The second kappa shape index (κ2) is 6.24. The topological polar surface area (TPSA) is 123 Å². The van der Waals surface area contributed by atoms with Gasteiger partial charge in [0, 0.05) is 5.69 Å². The third-order valence-electron chi connectivity index (χ3n) is 1.48. The van der Waals surface area contributed by atoms with Gasteiger partial charge in [-0.3, -0.25) is 9.35 Å². The molecule has 0 saturated heterocycles. The van der Waals surface area contributed by atoms with Gasteiger partial charge in [-0.2, -0.15) is 8.42 Å². The third kappa shape index (κ3) is 5.91. The number of hydrogen-bond donors (Lipinski definition) is 3. The van der Waals surface area contributed by atoms with Gasteiger partial charge >= 0.3 is 0 Å². The molecular formula is C9H11ClN2O4S. The lowest BCUT2D eigenvalue weighted by Gasteiger charge is -2.02. The largest absolute Gasteiger partial charge is 0.399 e. The van der Waals surface area contributed by atoms with Crippen molar-refractivity contribution in [2.45, 2.75) is 4.90 Å². The molecule has 0 saturated carbocycles. The van der Waals surface area contributed by atoms with Gasteiger partial charge in [-0.1, -0.05) is 6.58 Å². The average molecular weight is 279 g/mol. The Balaban J connectivity index is 0.000000437. The summed E-state index contributed by atoms with van der Waals surface area (Å²) in [5.74, 6) is 0. The van der Waals surface area contributed by atoms with Crippen LogP contribution >= 0.6 is 11.6 Å². The summed E-state index contributed by atoms with van der Waals surface area (Å²) in [6.07, 6.45) is 1.04. The molecule has 0 aliphatic rings. The maximum Gasteiger partial charge on any atom is 0.296 e. The SMILES string of the molecule is C=CC(=O)Cl.Nc1ccc(N)c(S(=O)(=O)O)c1. The smallest absolute Gasteiger partial charge is 0.296 e. The lowest BCUT2D eigenvalue weighted by atomic mass is 10.3. The Kier molecular flexibility index (Phi) is 5.66. The van der Waals surface area contributed by atoms with E-state index in [0.717, 1.165) is 12.1 Å². The normalized spacial score (nSPS) is 10.0. The number of carbonyl (C=O) groups is 1. The summed E-state index contributed by atoms with van der Waals surface area (Å²) < 4.78 is 29.9. The lowest BCUT2D eigenvalue weighted by molar-refractivity contribution is -0.107. The number of benzene rings is 1. The summed E-state index contributed by atoms with van der Waals surface area (Å²) in [6.45, 7) is 3.08. The first-order valence-electron chi connectivity index (χ1n) is 4.13. The Labute approximate surface area is 104 Å². The van der Waals surface area contributed by atoms with Crippen LogP contribution in [0.3, 0.4) is 0 Å². The molecule has 1 rings (SSSR count). The number of nitrogens with two attached hydrogens (primary N) is 2. The van der Waals surface area contributed by atoms with E-state index in [4.69, 9.17) is 27.6 Å². The molecule has 5 N–H and O–H groups in total. The number of carbonyl (C=O) groups excluding carboxylic acids is 1. The molecule has 6 nitrogen and oxygen atoms in total. The zero-order valence-corrected chi connectivity index (χ0v) is 10.2. The van der Waals surface area contributed by atoms with Crippen LogP contribution in [-0.4, -0.2) is 18.2 Å². The van der Waals surface area contributed by atoms with Crippen LogP contribution in [0.15, 0.2) is 35.7 Å². The molecule has 0 atom stereocenters. The van der Waals surface area contributed by atoms with Crippen LogP contribution in [0.5, 0.6) is 0 Å². The number of rotatable bonds is 2. The second-order valence-electron chi connectivity index (χ2n) is 2.78. The van der Waals surface area contributed by atoms with Crippen LogP contribution in [0.4, 0.5) is 11.4 Å². The molecule has 17 heavy (non-hydrogen) atoms. The van der Waals surface area contributed by atoms with Crippen LogP contribution in [-0.2, 0) is 14.9 Å². The summed E-state index contributed by atoms with van der Waals surface area (Å²) in [5, 5.41) is -0.509. The van der Waals surface area contributed by atoms with Gasteiger partial charge < -0.3 is 11.5 Å². The molecule has 0 amide bonds. The number of halogens is 1. The first-order valence-corrected chi connectivity index (χ1v) is 5.94. The summed E-state index contributed by atoms with van der Waals surface area (Å²) in [4.78, 5) is 9.10. The number of hydrogen-bond acceptors (Lipinski definition) is 5. The van der Waals surface area contributed by atoms with E-state index in [-0.39, 0.29) is 16.3 Å². The first-order chi connectivity index (χ1) is 7.68. The molecule has 1 aromatic rings. The molecule has 0 unspecified atom stereocenters. The van der Waals surface area contributed by atoms with E-state index in [9.17, 15) is 13.2 Å².